The lowest BCUT2D eigenvalue weighted by atomic mass is 10.1. The Hall–Kier alpha value is -0.690. The second kappa shape index (κ2) is 5.30. The number of halogens is 1. The fourth-order valence-electron chi connectivity index (χ4n) is 1.62. The summed E-state index contributed by atoms with van der Waals surface area (Å²) in [7, 11) is -3.50. The van der Waals surface area contributed by atoms with Crippen molar-refractivity contribution in [3.63, 3.8) is 0 Å². The van der Waals surface area contributed by atoms with Crippen LogP contribution in [0.4, 0.5) is 0 Å². The molecule has 1 saturated heterocycles. The van der Waals surface area contributed by atoms with Crippen LogP contribution >= 0.6 is 11.6 Å². The van der Waals surface area contributed by atoms with Crippen LogP contribution in [0.15, 0.2) is 23.2 Å². The number of nitrogens with zero attached hydrogens (tertiary/aromatic N) is 1. The van der Waals surface area contributed by atoms with Gasteiger partial charge in [-0.15, -0.1) is 0 Å². The van der Waals surface area contributed by atoms with E-state index in [0.717, 1.165) is 0 Å². The highest BCUT2D eigenvalue weighted by Gasteiger charge is 2.22. The van der Waals surface area contributed by atoms with E-state index in [-0.39, 0.29) is 16.1 Å². The summed E-state index contributed by atoms with van der Waals surface area (Å²) in [6, 6.07) is 2.83. The molecule has 0 saturated carbocycles. The Morgan fingerprint density at radius 1 is 1.35 bits per heavy atom. The summed E-state index contributed by atoms with van der Waals surface area (Å²) in [5.41, 5.74) is 0. The van der Waals surface area contributed by atoms with E-state index >= 15 is 0 Å². The standard InChI is InChI=1S/C10H13ClN2O3S/c11-10-2-1-9(7-12-10)17(14,15)13-8-3-5-16-6-4-8/h1-2,7-8,13H,3-6H2. The second-order valence-corrected chi connectivity index (χ2v) is 5.93. The lowest BCUT2D eigenvalue weighted by Gasteiger charge is -2.22. The highest BCUT2D eigenvalue weighted by Crippen LogP contribution is 2.14. The fraction of sp³-hybridized carbons (Fsp3) is 0.500. The molecule has 2 rings (SSSR count). The van der Waals surface area contributed by atoms with Crippen LogP contribution in [-0.2, 0) is 14.8 Å². The third-order valence-electron chi connectivity index (χ3n) is 2.55. The summed E-state index contributed by atoms with van der Waals surface area (Å²) in [5.74, 6) is 0. The van der Waals surface area contributed by atoms with Crippen LogP contribution in [0.3, 0.4) is 0 Å². The van der Waals surface area contributed by atoms with Crippen molar-refractivity contribution in [2.75, 3.05) is 13.2 Å². The first-order valence-corrected chi connectivity index (χ1v) is 7.16. The van der Waals surface area contributed by atoms with Crippen LogP contribution in [0.25, 0.3) is 0 Å². The molecule has 5 nitrogen and oxygen atoms in total. The van der Waals surface area contributed by atoms with Gasteiger partial charge in [0.15, 0.2) is 0 Å². The quantitative estimate of drug-likeness (QED) is 0.842. The first-order valence-electron chi connectivity index (χ1n) is 5.29. The maximum Gasteiger partial charge on any atom is 0.242 e. The van der Waals surface area contributed by atoms with Crippen LogP contribution in [0, 0.1) is 0 Å². The summed E-state index contributed by atoms with van der Waals surface area (Å²) < 4.78 is 31.8. The van der Waals surface area contributed by atoms with Crippen LogP contribution in [-0.4, -0.2) is 32.7 Å². The molecule has 0 amide bonds. The molecule has 7 heteroatoms. The number of nitrogens with one attached hydrogen (secondary N) is 1. The van der Waals surface area contributed by atoms with Crippen LogP contribution in [0.1, 0.15) is 12.8 Å². The lowest BCUT2D eigenvalue weighted by molar-refractivity contribution is 0.0832. The van der Waals surface area contributed by atoms with Crippen molar-refractivity contribution in [1.82, 2.24) is 9.71 Å². The molecule has 2 heterocycles. The SMILES string of the molecule is O=S(=O)(NC1CCOCC1)c1ccc(Cl)nc1. The molecule has 0 bridgehead atoms. The van der Waals surface area contributed by atoms with Crippen molar-refractivity contribution in [1.29, 1.82) is 0 Å². The van der Waals surface area contributed by atoms with Gasteiger partial charge in [-0.25, -0.2) is 18.1 Å². The zero-order valence-corrected chi connectivity index (χ0v) is 10.7. The summed E-state index contributed by atoms with van der Waals surface area (Å²) >= 11 is 5.61. The molecule has 0 spiro atoms. The lowest BCUT2D eigenvalue weighted by Crippen LogP contribution is -2.38. The highest BCUT2D eigenvalue weighted by atomic mass is 35.5. The predicted octanol–water partition coefficient (Wildman–Crippen LogP) is 1.19. The van der Waals surface area contributed by atoms with Crippen molar-refractivity contribution in [3.05, 3.63) is 23.5 Å². The number of rotatable bonds is 3. The van der Waals surface area contributed by atoms with E-state index in [1.807, 2.05) is 0 Å². The van der Waals surface area contributed by atoms with Gasteiger partial charge < -0.3 is 4.74 Å². The predicted molar refractivity (Wildman–Crippen MR) is 63.4 cm³/mol. The Bertz CT molecular complexity index is 469. The van der Waals surface area contributed by atoms with Crippen molar-refractivity contribution < 1.29 is 13.2 Å². The van der Waals surface area contributed by atoms with E-state index in [1.54, 1.807) is 0 Å². The Labute approximate surface area is 105 Å². The first-order chi connectivity index (χ1) is 8.08. The number of hydrogen-bond acceptors (Lipinski definition) is 4. The zero-order valence-electron chi connectivity index (χ0n) is 9.10. The molecule has 1 aliphatic heterocycles. The highest BCUT2D eigenvalue weighted by molar-refractivity contribution is 7.89. The van der Waals surface area contributed by atoms with Gasteiger partial charge >= 0.3 is 0 Å². The minimum atomic E-state index is -3.50. The van der Waals surface area contributed by atoms with Crippen molar-refractivity contribution in [2.24, 2.45) is 0 Å². The number of ether oxygens (including phenoxy) is 1. The summed E-state index contributed by atoms with van der Waals surface area (Å²) in [6.45, 7) is 1.18. The minimum absolute atomic E-state index is 0.0653. The number of pyridine rings is 1. The van der Waals surface area contributed by atoms with Gasteiger partial charge in [-0.1, -0.05) is 11.6 Å². The molecule has 0 unspecified atom stereocenters. The van der Waals surface area contributed by atoms with E-state index < -0.39 is 10.0 Å². The van der Waals surface area contributed by atoms with Gasteiger partial charge in [0.2, 0.25) is 10.0 Å². The monoisotopic (exact) mass is 276 g/mol. The number of sulfonamides is 1. The topological polar surface area (TPSA) is 68.3 Å². The molecular formula is C10H13ClN2O3S. The van der Waals surface area contributed by atoms with Crippen molar-refractivity contribution >= 4 is 21.6 Å². The van der Waals surface area contributed by atoms with Crippen LogP contribution in [0.5, 0.6) is 0 Å². The molecule has 0 aromatic carbocycles. The van der Waals surface area contributed by atoms with Gasteiger partial charge in [-0.3, -0.25) is 0 Å². The fourth-order valence-corrected chi connectivity index (χ4v) is 2.99. The Morgan fingerprint density at radius 3 is 2.65 bits per heavy atom. The van der Waals surface area contributed by atoms with Crippen LogP contribution in [0.2, 0.25) is 5.15 Å². The minimum Gasteiger partial charge on any atom is -0.381 e. The Balaban J connectivity index is 2.10. The van der Waals surface area contributed by atoms with Crippen molar-refractivity contribution in [2.45, 2.75) is 23.8 Å². The third kappa shape index (κ3) is 3.38. The average Bonchev–Trinajstić information content (AvgIpc) is 2.30. The normalized spacial score (nSPS) is 18.2. The molecular weight excluding hydrogens is 264 g/mol. The molecule has 0 atom stereocenters. The van der Waals surface area contributed by atoms with E-state index in [9.17, 15) is 8.42 Å². The molecule has 1 fully saturated rings. The maximum absolute atomic E-state index is 12.0. The smallest absolute Gasteiger partial charge is 0.242 e. The van der Waals surface area contributed by atoms with Gasteiger partial charge in [0.05, 0.1) is 0 Å². The van der Waals surface area contributed by atoms with Crippen molar-refractivity contribution in [3.8, 4) is 0 Å². The van der Waals surface area contributed by atoms with Gasteiger partial charge in [0, 0.05) is 25.5 Å². The van der Waals surface area contributed by atoms with E-state index in [1.165, 1.54) is 18.3 Å². The number of aromatic nitrogens is 1. The summed E-state index contributed by atoms with van der Waals surface area (Å²) in [4.78, 5) is 3.89. The molecule has 94 valence electrons. The van der Waals surface area contributed by atoms with E-state index in [2.05, 4.69) is 9.71 Å². The molecule has 1 N–H and O–H groups in total. The second-order valence-electron chi connectivity index (χ2n) is 3.82. The van der Waals surface area contributed by atoms with Crippen LogP contribution < -0.4 is 4.72 Å². The maximum atomic E-state index is 12.0. The largest absolute Gasteiger partial charge is 0.381 e. The molecule has 17 heavy (non-hydrogen) atoms. The zero-order chi connectivity index (χ0) is 12.3. The first kappa shape index (κ1) is 12.8. The summed E-state index contributed by atoms with van der Waals surface area (Å²) in [5, 5.41) is 0.273. The molecule has 0 radical (unpaired) electrons. The Kier molecular flexibility index (Phi) is 3.98. The van der Waals surface area contributed by atoms with Gasteiger partial charge in [0.25, 0.3) is 0 Å². The number of hydrogen-bond donors (Lipinski definition) is 1. The molecule has 1 aromatic rings. The van der Waals surface area contributed by atoms with Gasteiger partial charge in [-0.05, 0) is 25.0 Å². The van der Waals surface area contributed by atoms with Gasteiger partial charge in [-0.2, -0.15) is 0 Å². The molecule has 1 aliphatic rings. The Morgan fingerprint density at radius 2 is 2.06 bits per heavy atom. The average molecular weight is 277 g/mol. The van der Waals surface area contributed by atoms with E-state index in [0.29, 0.717) is 26.1 Å². The van der Waals surface area contributed by atoms with Gasteiger partial charge in [0.1, 0.15) is 10.0 Å². The molecule has 1 aromatic heterocycles. The molecule has 0 aliphatic carbocycles. The van der Waals surface area contributed by atoms with E-state index in [4.69, 9.17) is 16.3 Å². The summed E-state index contributed by atoms with van der Waals surface area (Å²) in [6.07, 6.45) is 2.64. The third-order valence-corrected chi connectivity index (χ3v) is 4.28.